The smallest absolute Gasteiger partial charge is 0.354 e. The molecule has 6 atom stereocenters. The molecule has 0 aromatic carbocycles. The maximum absolute atomic E-state index is 12.3. The molecule has 30 heavy (non-hydrogen) atoms. The van der Waals surface area contributed by atoms with Crippen molar-refractivity contribution in [3.63, 3.8) is 0 Å². The van der Waals surface area contributed by atoms with Gasteiger partial charge >= 0.3 is 11.9 Å². The first-order valence-corrected chi connectivity index (χ1v) is 9.38. The van der Waals surface area contributed by atoms with Crippen LogP contribution in [0.25, 0.3) is 0 Å². The van der Waals surface area contributed by atoms with Gasteiger partial charge in [-0.25, -0.2) is 9.59 Å². The quantitative estimate of drug-likeness (QED) is 0.156. The van der Waals surface area contributed by atoms with Crippen LogP contribution in [0.4, 0.5) is 0 Å². The number of hydrogen-bond donors (Lipinski definition) is 8. The van der Waals surface area contributed by atoms with Crippen LogP contribution in [0.15, 0.2) is 0 Å². The number of nitrogens with one attached hydrogen (secondary N) is 4. The molecule has 1 spiro atoms. The predicted octanol–water partition coefficient (Wildman–Crippen LogP) is -2.48. The van der Waals surface area contributed by atoms with Crippen molar-refractivity contribution in [3.8, 4) is 0 Å². The van der Waals surface area contributed by atoms with Crippen LogP contribution < -0.4 is 21.6 Å². The van der Waals surface area contributed by atoms with E-state index in [1.165, 1.54) is 27.7 Å². The molecule has 8 N–H and O–H groups in total. The van der Waals surface area contributed by atoms with Gasteiger partial charge in [-0.3, -0.25) is 10.6 Å². The van der Waals surface area contributed by atoms with E-state index < -0.39 is 58.8 Å². The molecule has 2 unspecified atom stereocenters. The van der Waals surface area contributed by atoms with Crippen molar-refractivity contribution in [2.45, 2.75) is 84.0 Å². The van der Waals surface area contributed by atoms with E-state index in [0.29, 0.717) is 0 Å². The maximum atomic E-state index is 12.3. The molecule has 13 heteroatoms. The van der Waals surface area contributed by atoms with Crippen molar-refractivity contribution in [1.82, 2.24) is 21.6 Å². The van der Waals surface area contributed by atoms with Crippen LogP contribution in [0.5, 0.6) is 0 Å². The minimum atomic E-state index is -1.81. The third kappa shape index (κ3) is 4.43. The van der Waals surface area contributed by atoms with Gasteiger partial charge in [0.05, 0.1) is 5.54 Å². The molecule has 0 radical (unpaired) electrons. The Kier molecular flexibility index (Phi) is 8.24. The molecule has 0 amide bonds. The summed E-state index contributed by atoms with van der Waals surface area (Å²) >= 11 is 0. The first-order valence-electron chi connectivity index (χ1n) is 9.38. The summed E-state index contributed by atoms with van der Waals surface area (Å²) in [5.41, 5.74) is 0.790. The molecule has 0 aromatic rings. The Morgan fingerprint density at radius 2 is 1.17 bits per heavy atom. The first-order chi connectivity index (χ1) is 13.1. The molecule has 2 heterocycles. The van der Waals surface area contributed by atoms with Gasteiger partial charge in [0.2, 0.25) is 0 Å². The average Bonchev–Trinajstić information content (AvgIpc) is 2.68. The zero-order valence-corrected chi connectivity index (χ0v) is 20.0. The van der Waals surface area contributed by atoms with Gasteiger partial charge in [0, 0.05) is 31.9 Å². The number of aliphatic hydroxyl groups is 4. The minimum Gasteiger partial charge on any atom is -0.381 e. The number of hydroxylamine groups is 2. The van der Waals surface area contributed by atoms with E-state index in [9.17, 15) is 30.0 Å². The summed E-state index contributed by atoms with van der Waals surface area (Å²) in [5.74, 6) is -3.89. The van der Waals surface area contributed by atoms with Crippen LogP contribution in [0.1, 0.15) is 48.0 Å². The molecule has 178 valence electrons. The van der Waals surface area contributed by atoms with Crippen LogP contribution in [-0.2, 0) is 40.3 Å². The Morgan fingerprint density at radius 1 is 0.800 bits per heavy atom. The van der Waals surface area contributed by atoms with Gasteiger partial charge in [0.1, 0.15) is 12.5 Å². The maximum Gasteiger partial charge on any atom is 0.354 e. The second-order valence-corrected chi connectivity index (χ2v) is 9.02. The van der Waals surface area contributed by atoms with E-state index in [-0.39, 0.29) is 27.5 Å². The summed E-state index contributed by atoms with van der Waals surface area (Å²) < 4.78 is 0. The standard InChI is InChI=1S/C17H32N4O8.Pt/c1-7-16(6)17(18-12(26)14(2,3)8(22)10(24)28-20-16)19-13(27)15(4,5)9(23)11(25)29-21-17;/h8-9,12-13,18-23,26-27H,7H2,1-6H3;/t8-,9-,12?,13+,16?,17+;/m0./s1. The van der Waals surface area contributed by atoms with Crippen molar-refractivity contribution < 1.29 is 60.8 Å². The van der Waals surface area contributed by atoms with Crippen molar-refractivity contribution in [2.75, 3.05) is 0 Å². The molecule has 2 rings (SSSR count). The summed E-state index contributed by atoms with van der Waals surface area (Å²) in [6.07, 6.45) is -6.19. The first kappa shape index (κ1) is 27.3. The molecular formula is C17H32N4O8Pt. The monoisotopic (exact) mass is 615 g/mol. The van der Waals surface area contributed by atoms with E-state index in [1.807, 2.05) is 0 Å². The van der Waals surface area contributed by atoms with E-state index >= 15 is 0 Å². The molecule has 2 aliphatic heterocycles. The van der Waals surface area contributed by atoms with Gasteiger partial charge < -0.3 is 30.1 Å². The van der Waals surface area contributed by atoms with Gasteiger partial charge in [0.15, 0.2) is 18.0 Å². The summed E-state index contributed by atoms with van der Waals surface area (Å²) in [5, 5.41) is 47.8. The fourth-order valence-corrected chi connectivity index (χ4v) is 3.04. The van der Waals surface area contributed by atoms with Gasteiger partial charge in [-0.1, -0.05) is 34.6 Å². The second-order valence-electron chi connectivity index (χ2n) is 9.02. The van der Waals surface area contributed by atoms with Gasteiger partial charge in [-0.05, 0) is 13.3 Å². The molecule has 12 nitrogen and oxygen atoms in total. The Balaban J connectivity index is 0.00000450. The molecule has 2 aliphatic rings. The third-order valence-electron chi connectivity index (χ3n) is 6.19. The van der Waals surface area contributed by atoms with Gasteiger partial charge in [-0.15, -0.1) is 11.0 Å². The molecular weight excluding hydrogens is 583 g/mol. The SMILES string of the molecule is CCC1(C)NOC(=O)[C@H](O)C(C)(C)C(O)N[C@]12NOC(=O)[C@H](O)C(C)(C)[C@@H](O)N2.[Pt]. The topological polar surface area (TPSA) is 182 Å². The zero-order valence-electron chi connectivity index (χ0n) is 17.8. The van der Waals surface area contributed by atoms with Crippen LogP contribution >= 0.6 is 0 Å². The number of carbonyl (C=O) groups is 2. The van der Waals surface area contributed by atoms with Crippen molar-refractivity contribution in [2.24, 2.45) is 10.8 Å². The van der Waals surface area contributed by atoms with Crippen molar-refractivity contribution in [3.05, 3.63) is 0 Å². The van der Waals surface area contributed by atoms with Crippen molar-refractivity contribution >= 4 is 11.9 Å². The number of aliphatic hydroxyl groups excluding tert-OH is 4. The molecule has 0 bridgehead atoms. The second kappa shape index (κ2) is 9.05. The zero-order chi connectivity index (χ0) is 22.4. The van der Waals surface area contributed by atoms with Gasteiger partial charge in [-0.2, -0.15) is 0 Å². The molecule has 0 saturated carbocycles. The van der Waals surface area contributed by atoms with Crippen LogP contribution in [-0.4, -0.2) is 68.4 Å². The fraction of sp³-hybridized carbons (Fsp3) is 0.882. The molecule has 0 aromatic heterocycles. The summed E-state index contributed by atoms with van der Waals surface area (Å²) in [4.78, 5) is 34.6. The Labute approximate surface area is 189 Å². The van der Waals surface area contributed by atoms with E-state index in [2.05, 4.69) is 21.6 Å². The molecule has 2 fully saturated rings. The van der Waals surface area contributed by atoms with Crippen LogP contribution in [0.3, 0.4) is 0 Å². The molecule has 0 aliphatic carbocycles. The van der Waals surface area contributed by atoms with Gasteiger partial charge in [0.25, 0.3) is 0 Å². The normalized spacial score (nSPS) is 41.8. The average molecular weight is 616 g/mol. The van der Waals surface area contributed by atoms with Crippen LogP contribution in [0.2, 0.25) is 0 Å². The number of rotatable bonds is 1. The largest absolute Gasteiger partial charge is 0.381 e. The number of hydrogen-bond acceptors (Lipinski definition) is 12. The van der Waals surface area contributed by atoms with E-state index in [1.54, 1.807) is 13.8 Å². The van der Waals surface area contributed by atoms with E-state index in [0.717, 1.165) is 0 Å². The summed E-state index contributed by atoms with van der Waals surface area (Å²) in [6.45, 7) is 9.04. The Bertz CT molecular complexity index is 666. The fourth-order valence-electron chi connectivity index (χ4n) is 3.04. The summed E-state index contributed by atoms with van der Waals surface area (Å²) in [6, 6.07) is 0. The predicted molar refractivity (Wildman–Crippen MR) is 97.7 cm³/mol. The third-order valence-corrected chi connectivity index (χ3v) is 6.19. The minimum absolute atomic E-state index is 0. The summed E-state index contributed by atoms with van der Waals surface area (Å²) in [7, 11) is 0. The van der Waals surface area contributed by atoms with Crippen molar-refractivity contribution in [1.29, 1.82) is 0 Å². The Hall–Kier alpha value is -0.692. The number of carbonyl (C=O) groups excluding carboxylic acids is 2. The molecule has 2 saturated heterocycles. The van der Waals surface area contributed by atoms with E-state index in [4.69, 9.17) is 9.68 Å². The Morgan fingerprint density at radius 3 is 1.53 bits per heavy atom. The van der Waals surface area contributed by atoms with Crippen LogP contribution in [0, 0.1) is 10.8 Å².